The van der Waals surface area contributed by atoms with Crippen molar-refractivity contribution in [3.8, 4) is 0 Å². The summed E-state index contributed by atoms with van der Waals surface area (Å²) in [5.41, 5.74) is 4.15. The van der Waals surface area contributed by atoms with Crippen LogP contribution in [0.15, 0.2) is 18.2 Å². The first kappa shape index (κ1) is 14.4. The summed E-state index contributed by atoms with van der Waals surface area (Å²) < 4.78 is 0. The summed E-state index contributed by atoms with van der Waals surface area (Å²) in [4.78, 5) is 0. The number of aliphatic hydroxyl groups is 1. The number of hydrogen-bond donors (Lipinski definition) is 2. The summed E-state index contributed by atoms with van der Waals surface area (Å²) in [7, 11) is 0. The van der Waals surface area contributed by atoms with Gasteiger partial charge in [-0.2, -0.15) is 0 Å². The van der Waals surface area contributed by atoms with E-state index in [1.165, 1.54) is 23.2 Å². The van der Waals surface area contributed by atoms with Gasteiger partial charge in [0.1, 0.15) is 0 Å². The van der Waals surface area contributed by atoms with Crippen molar-refractivity contribution in [2.45, 2.75) is 52.4 Å². The van der Waals surface area contributed by atoms with Crippen molar-refractivity contribution >= 4 is 5.69 Å². The lowest BCUT2D eigenvalue weighted by Crippen LogP contribution is -2.39. The first-order chi connectivity index (χ1) is 8.86. The molecule has 1 aliphatic rings. The van der Waals surface area contributed by atoms with Crippen LogP contribution in [0.3, 0.4) is 0 Å². The van der Waals surface area contributed by atoms with E-state index in [2.05, 4.69) is 51.2 Å². The van der Waals surface area contributed by atoms with Crippen LogP contribution in [0.2, 0.25) is 0 Å². The Bertz CT molecular complexity index is 436. The highest BCUT2D eigenvalue weighted by Gasteiger charge is 2.36. The molecule has 19 heavy (non-hydrogen) atoms. The number of aliphatic hydroxyl groups excluding tert-OH is 1. The van der Waals surface area contributed by atoms with Gasteiger partial charge in [0.25, 0.3) is 0 Å². The number of rotatable bonds is 4. The average molecular weight is 261 g/mol. The molecule has 1 aliphatic carbocycles. The van der Waals surface area contributed by atoms with Gasteiger partial charge in [-0.25, -0.2) is 0 Å². The van der Waals surface area contributed by atoms with Crippen molar-refractivity contribution in [1.29, 1.82) is 0 Å². The van der Waals surface area contributed by atoms with Crippen molar-refractivity contribution in [1.82, 2.24) is 0 Å². The van der Waals surface area contributed by atoms with Crippen molar-refractivity contribution in [2.75, 3.05) is 18.5 Å². The van der Waals surface area contributed by atoms with Crippen LogP contribution in [-0.2, 0) is 5.41 Å². The molecule has 0 unspecified atom stereocenters. The monoisotopic (exact) mass is 261 g/mol. The molecule has 0 radical (unpaired) electrons. The lowest BCUT2D eigenvalue weighted by Gasteiger charge is -2.40. The molecule has 1 saturated carbocycles. The molecule has 1 aromatic carbocycles. The normalized spacial score (nSPS) is 17.9. The van der Waals surface area contributed by atoms with E-state index in [9.17, 15) is 5.11 Å². The molecule has 0 aliphatic heterocycles. The average Bonchev–Trinajstić information content (AvgIpc) is 2.29. The maximum atomic E-state index is 9.53. The Morgan fingerprint density at radius 3 is 2.42 bits per heavy atom. The van der Waals surface area contributed by atoms with Crippen molar-refractivity contribution in [2.24, 2.45) is 5.41 Å². The molecule has 106 valence electrons. The molecular formula is C17H27NO. The summed E-state index contributed by atoms with van der Waals surface area (Å²) in [5, 5.41) is 13.1. The zero-order chi connectivity index (χ0) is 14.1. The van der Waals surface area contributed by atoms with E-state index in [1.54, 1.807) is 0 Å². The molecule has 2 rings (SSSR count). The first-order valence-corrected chi connectivity index (χ1v) is 7.32. The molecule has 1 fully saturated rings. The van der Waals surface area contributed by atoms with E-state index in [4.69, 9.17) is 0 Å². The van der Waals surface area contributed by atoms with Crippen LogP contribution < -0.4 is 5.32 Å². The smallest absolute Gasteiger partial charge is 0.0504 e. The van der Waals surface area contributed by atoms with Gasteiger partial charge in [-0.15, -0.1) is 0 Å². The molecule has 2 N–H and O–H groups in total. The summed E-state index contributed by atoms with van der Waals surface area (Å²) in [6, 6.07) is 6.67. The molecule has 1 aromatic rings. The van der Waals surface area contributed by atoms with Gasteiger partial charge in [0.05, 0.1) is 6.61 Å². The van der Waals surface area contributed by atoms with Gasteiger partial charge in [-0.1, -0.05) is 39.3 Å². The number of nitrogens with one attached hydrogen (secondary N) is 1. The third-order valence-electron chi connectivity index (χ3n) is 4.51. The maximum absolute atomic E-state index is 9.53. The zero-order valence-electron chi connectivity index (χ0n) is 12.7. The topological polar surface area (TPSA) is 32.3 Å². The molecule has 0 saturated heterocycles. The lowest BCUT2D eigenvalue weighted by molar-refractivity contribution is 0.0576. The minimum absolute atomic E-state index is 0.129. The third kappa shape index (κ3) is 3.11. The molecule has 0 aromatic heterocycles. The largest absolute Gasteiger partial charge is 0.396 e. The standard InChI is InChI=1S/C17H27NO/c1-13-6-7-14(16(2,3)4)10-15(13)18-11-17(12-19)8-5-9-17/h6-7,10,18-19H,5,8-9,11-12H2,1-4H3. The Kier molecular flexibility index (Phi) is 3.91. The highest BCUT2D eigenvalue weighted by molar-refractivity contribution is 5.54. The first-order valence-electron chi connectivity index (χ1n) is 7.32. The van der Waals surface area contributed by atoms with Crippen LogP contribution in [-0.4, -0.2) is 18.3 Å². The van der Waals surface area contributed by atoms with Gasteiger partial charge in [0, 0.05) is 17.6 Å². The van der Waals surface area contributed by atoms with Crippen LogP contribution in [0.1, 0.15) is 51.2 Å². The van der Waals surface area contributed by atoms with Crippen LogP contribution in [0, 0.1) is 12.3 Å². The molecule has 0 spiro atoms. The van der Waals surface area contributed by atoms with Crippen LogP contribution in [0.4, 0.5) is 5.69 Å². The molecule has 2 nitrogen and oxygen atoms in total. The summed E-state index contributed by atoms with van der Waals surface area (Å²) in [5.74, 6) is 0. The van der Waals surface area contributed by atoms with E-state index in [0.717, 1.165) is 19.4 Å². The number of hydrogen-bond acceptors (Lipinski definition) is 2. The van der Waals surface area contributed by atoms with Crippen LogP contribution >= 0.6 is 0 Å². The van der Waals surface area contributed by atoms with E-state index >= 15 is 0 Å². The van der Waals surface area contributed by atoms with Gasteiger partial charge >= 0.3 is 0 Å². The number of anilines is 1. The number of aryl methyl sites for hydroxylation is 1. The third-order valence-corrected chi connectivity index (χ3v) is 4.51. The van der Waals surface area contributed by atoms with E-state index in [1.807, 2.05) is 0 Å². The Morgan fingerprint density at radius 1 is 1.26 bits per heavy atom. The highest BCUT2D eigenvalue weighted by Crippen LogP contribution is 2.40. The van der Waals surface area contributed by atoms with Crippen molar-refractivity contribution < 1.29 is 5.11 Å². The molecule has 0 atom stereocenters. The zero-order valence-corrected chi connectivity index (χ0v) is 12.7. The minimum Gasteiger partial charge on any atom is -0.396 e. The van der Waals surface area contributed by atoms with Crippen LogP contribution in [0.5, 0.6) is 0 Å². The van der Waals surface area contributed by atoms with Crippen molar-refractivity contribution in [3.05, 3.63) is 29.3 Å². The van der Waals surface area contributed by atoms with Crippen molar-refractivity contribution in [3.63, 3.8) is 0 Å². The second-order valence-electron chi connectivity index (χ2n) is 7.14. The fraction of sp³-hybridized carbons (Fsp3) is 0.647. The van der Waals surface area contributed by atoms with Gasteiger partial charge in [0.2, 0.25) is 0 Å². The predicted octanol–water partition coefficient (Wildman–Crippen LogP) is 3.87. The fourth-order valence-electron chi connectivity index (χ4n) is 2.63. The Morgan fingerprint density at radius 2 is 1.95 bits per heavy atom. The minimum atomic E-state index is 0.129. The second kappa shape index (κ2) is 5.16. The van der Waals surface area contributed by atoms with Gasteiger partial charge in [0.15, 0.2) is 0 Å². The van der Waals surface area contributed by atoms with Gasteiger partial charge in [-0.3, -0.25) is 0 Å². The van der Waals surface area contributed by atoms with Gasteiger partial charge in [-0.05, 0) is 42.4 Å². The fourth-order valence-corrected chi connectivity index (χ4v) is 2.63. The molecule has 0 heterocycles. The Labute approximate surface area is 117 Å². The number of benzene rings is 1. The predicted molar refractivity (Wildman–Crippen MR) is 81.7 cm³/mol. The molecule has 2 heteroatoms. The van der Waals surface area contributed by atoms with Gasteiger partial charge < -0.3 is 10.4 Å². The Hall–Kier alpha value is -1.02. The quantitative estimate of drug-likeness (QED) is 0.862. The maximum Gasteiger partial charge on any atom is 0.0504 e. The molecule has 0 amide bonds. The summed E-state index contributed by atoms with van der Waals surface area (Å²) >= 11 is 0. The molecular weight excluding hydrogens is 234 g/mol. The Balaban J connectivity index is 2.11. The lowest BCUT2D eigenvalue weighted by atomic mass is 9.69. The molecule has 0 bridgehead atoms. The SMILES string of the molecule is Cc1ccc(C(C)(C)C)cc1NCC1(CO)CCC1. The van der Waals surface area contributed by atoms with E-state index in [0.29, 0.717) is 6.61 Å². The summed E-state index contributed by atoms with van der Waals surface area (Å²) in [6.45, 7) is 10.0. The highest BCUT2D eigenvalue weighted by atomic mass is 16.3. The van der Waals surface area contributed by atoms with Crippen LogP contribution in [0.25, 0.3) is 0 Å². The second-order valence-corrected chi connectivity index (χ2v) is 7.14. The van der Waals surface area contributed by atoms with E-state index in [-0.39, 0.29) is 10.8 Å². The summed E-state index contributed by atoms with van der Waals surface area (Å²) in [6.07, 6.45) is 3.55. The van der Waals surface area contributed by atoms with E-state index < -0.39 is 0 Å².